The number of methoxy groups -OCH3 is 1. The summed E-state index contributed by atoms with van der Waals surface area (Å²) in [4.78, 5) is 2.11. The molecule has 1 saturated carbocycles. The first-order valence-corrected chi connectivity index (χ1v) is 17.9. The summed E-state index contributed by atoms with van der Waals surface area (Å²) in [5, 5.41) is 12.1. The summed E-state index contributed by atoms with van der Waals surface area (Å²) in [5.74, 6) is 5.95. The number of hydrogen-bond donors (Lipinski definition) is 3. The molecule has 2 aliphatic rings. The highest BCUT2D eigenvalue weighted by molar-refractivity contribution is 7.91. The summed E-state index contributed by atoms with van der Waals surface area (Å²) in [7, 11) is -5.58. The summed E-state index contributed by atoms with van der Waals surface area (Å²) in [6, 6.07) is 11.4. The van der Waals surface area contributed by atoms with Gasteiger partial charge in [-0.15, -0.1) is 0 Å². The molecule has 3 aromatic rings. The second-order valence-corrected chi connectivity index (χ2v) is 15.5. The fourth-order valence-corrected chi connectivity index (χ4v) is 7.43. The van der Waals surface area contributed by atoms with E-state index < -0.39 is 32.6 Å². The van der Waals surface area contributed by atoms with E-state index in [-0.39, 0.29) is 34.2 Å². The molecular formula is C30H36F3N5O5S2. The summed E-state index contributed by atoms with van der Waals surface area (Å²) in [6.07, 6.45) is 0.379. The summed E-state index contributed by atoms with van der Waals surface area (Å²) in [5.41, 5.74) is 1.80. The van der Waals surface area contributed by atoms with Crippen LogP contribution in [0, 0.1) is 11.8 Å². The van der Waals surface area contributed by atoms with Crippen molar-refractivity contribution in [3.05, 3.63) is 48.2 Å². The zero-order valence-electron chi connectivity index (χ0n) is 24.9. The van der Waals surface area contributed by atoms with Gasteiger partial charge in [-0.25, -0.2) is 22.0 Å². The smallest absolute Gasteiger partial charge is 0.406 e. The maximum absolute atomic E-state index is 13.6. The number of aromatic nitrogens is 1. The van der Waals surface area contributed by atoms with E-state index in [1.807, 2.05) is 6.07 Å². The van der Waals surface area contributed by atoms with E-state index in [4.69, 9.17) is 9.88 Å². The number of ether oxygens (including phenoxy) is 1. The Labute approximate surface area is 261 Å². The molecule has 2 fully saturated rings. The number of hydrogen-bond acceptors (Lipinski definition) is 8. The van der Waals surface area contributed by atoms with Crippen LogP contribution in [-0.2, 0) is 26.4 Å². The number of sulfone groups is 1. The maximum Gasteiger partial charge on any atom is 0.406 e. The first-order chi connectivity index (χ1) is 21.1. The third-order valence-electron chi connectivity index (χ3n) is 8.42. The Morgan fingerprint density at radius 3 is 2.36 bits per heavy atom. The van der Waals surface area contributed by atoms with Crippen LogP contribution in [0.2, 0.25) is 0 Å². The molecule has 2 aromatic carbocycles. The van der Waals surface area contributed by atoms with Gasteiger partial charge in [0.15, 0.2) is 9.84 Å². The van der Waals surface area contributed by atoms with Crippen LogP contribution in [0.3, 0.4) is 0 Å². The van der Waals surface area contributed by atoms with Gasteiger partial charge >= 0.3 is 6.18 Å². The molecule has 0 amide bonds. The molecule has 2 heterocycles. The number of nitrogens with one attached hydrogen (secondary N) is 2. The van der Waals surface area contributed by atoms with Crippen LogP contribution >= 0.6 is 0 Å². The van der Waals surface area contributed by atoms with E-state index in [2.05, 4.69) is 27.4 Å². The molecule has 0 atom stereocenters. The molecule has 1 saturated heterocycles. The van der Waals surface area contributed by atoms with Crippen molar-refractivity contribution in [3.63, 3.8) is 0 Å². The zero-order chi connectivity index (χ0) is 32.6. The van der Waals surface area contributed by atoms with Crippen molar-refractivity contribution in [3.8, 4) is 17.6 Å². The third kappa shape index (κ3) is 7.86. The number of primary sulfonamides is 1. The summed E-state index contributed by atoms with van der Waals surface area (Å²) < 4.78 is 94.1. The zero-order valence-corrected chi connectivity index (χ0v) is 26.5. The number of halogens is 3. The van der Waals surface area contributed by atoms with Gasteiger partial charge in [0, 0.05) is 48.6 Å². The topological polar surface area (TPSA) is 136 Å². The SMILES string of the molecule is COc1cc(S(N)(=O)=O)ccc1NCC#Cc1cc2c(N[C@H]3CC[C@H](N4CC(S(C)(=O)=O)C4)CC3)cccc2n1CC(F)(F)F. The molecule has 0 bridgehead atoms. The van der Waals surface area contributed by atoms with Crippen molar-refractivity contribution in [1.29, 1.82) is 0 Å². The normalized spacial score (nSPS) is 19.9. The van der Waals surface area contributed by atoms with Gasteiger partial charge in [-0.3, -0.25) is 4.90 Å². The molecule has 0 spiro atoms. The molecule has 1 aromatic heterocycles. The monoisotopic (exact) mass is 667 g/mol. The Morgan fingerprint density at radius 2 is 1.73 bits per heavy atom. The van der Waals surface area contributed by atoms with Gasteiger partial charge in [0.25, 0.3) is 0 Å². The lowest BCUT2D eigenvalue weighted by Crippen LogP contribution is -2.59. The summed E-state index contributed by atoms with van der Waals surface area (Å²) >= 11 is 0. The minimum Gasteiger partial charge on any atom is -0.495 e. The maximum atomic E-state index is 13.6. The van der Waals surface area contributed by atoms with Crippen molar-refractivity contribution in [1.82, 2.24) is 9.47 Å². The number of fused-ring (bicyclic) bond motifs is 1. The van der Waals surface area contributed by atoms with E-state index in [1.54, 1.807) is 18.2 Å². The number of likely N-dealkylation sites (tertiary alicyclic amines) is 1. The lowest BCUT2D eigenvalue weighted by atomic mass is 9.88. The average molecular weight is 668 g/mol. The molecule has 1 aliphatic carbocycles. The second-order valence-electron chi connectivity index (χ2n) is 11.6. The van der Waals surface area contributed by atoms with Gasteiger partial charge in [0.2, 0.25) is 10.0 Å². The van der Waals surface area contributed by atoms with Gasteiger partial charge in [0.05, 0.1) is 40.7 Å². The van der Waals surface area contributed by atoms with Crippen LogP contribution in [0.4, 0.5) is 24.5 Å². The average Bonchev–Trinajstić information content (AvgIpc) is 3.26. The highest BCUT2D eigenvalue weighted by Crippen LogP contribution is 2.34. The number of benzene rings is 2. The van der Waals surface area contributed by atoms with Gasteiger partial charge in [0.1, 0.15) is 12.3 Å². The van der Waals surface area contributed by atoms with Crippen LogP contribution in [0.25, 0.3) is 10.9 Å². The Morgan fingerprint density at radius 1 is 1.02 bits per heavy atom. The van der Waals surface area contributed by atoms with Crippen molar-refractivity contribution < 1.29 is 34.7 Å². The number of sulfonamides is 1. The second kappa shape index (κ2) is 12.7. The Hall–Kier alpha value is -3.45. The van der Waals surface area contributed by atoms with E-state index in [9.17, 15) is 30.0 Å². The molecule has 5 rings (SSSR count). The van der Waals surface area contributed by atoms with Gasteiger partial charge in [-0.05, 0) is 61.9 Å². The van der Waals surface area contributed by atoms with Crippen LogP contribution in [0.1, 0.15) is 31.4 Å². The van der Waals surface area contributed by atoms with Gasteiger partial charge < -0.3 is 19.9 Å². The highest BCUT2D eigenvalue weighted by atomic mass is 32.2. The molecule has 45 heavy (non-hydrogen) atoms. The van der Waals surface area contributed by atoms with Crippen LogP contribution in [-0.4, -0.2) is 82.8 Å². The third-order valence-corrected chi connectivity index (χ3v) is 10.8. The molecule has 1 aliphatic heterocycles. The van der Waals surface area contributed by atoms with Crippen molar-refractivity contribution >= 4 is 42.1 Å². The van der Waals surface area contributed by atoms with E-state index in [1.165, 1.54) is 31.6 Å². The molecular weight excluding hydrogens is 631 g/mol. The number of nitrogens with two attached hydrogens (primary N) is 1. The van der Waals surface area contributed by atoms with Crippen LogP contribution in [0.5, 0.6) is 5.75 Å². The van der Waals surface area contributed by atoms with Crippen LogP contribution in [0.15, 0.2) is 47.4 Å². The minimum absolute atomic E-state index is 0.0505. The molecule has 244 valence electrons. The number of alkyl halides is 3. The Bertz CT molecular complexity index is 1830. The van der Waals surface area contributed by atoms with E-state index in [0.717, 1.165) is 35.9 Å². The van der Waals surface area contributed by atoms with Gasteiger partial charge in [-0.1, -0.05) is 12.0 Å². The first-order valence-electron chi connectivity index (χ1n) is 14.4. The molecule has 10 nitrogen and oxygen atoms in total. The largest absolute Gasteiger partial charge is 0.495 e. The first kappa shape index (κ1) is 32.9. The molecule has 0 unspecified atom stereocenters. The van der Waals surface area contributed by atoms with E-state index >= 15 is 0 Å². The molecule has 15 heteroatoms. The quantitative estimate of drug-likeness (QED) is 0.294. The Kier molecular flexibility index (Phi) is 9.33. The lowest BCUT2D eigenvalue weighted by molar-refractivity contribution is -0.140. The molecule has 0 radical (unpaired) electrons. The van der Waals surface area contributed by atoms with Crippen molar-refractivity contribution in [2.75, 3.05) is 43.6 Å². The van der Waals surface area contributed by atoms with Crippen molar-refractivity contribution in [2.45, 2.75) is 60.6 Å². The number of anilines is 2. The standard InChI is InChI=1S/C30H36F3N5O5S2/c1-43-29-16-23(45(34,41)42)12-13-27(29)35-14-4-5-22-15-25-26(6-3-7-28(25)38(22)19-30(31,32)33)36-20-8-10-21(11-9-20)37-17-24(18-37)44(2,39)40/h3,6-7,12-13,15-16,20-21,24,35-36H,8-11,14,17-19H2,1-2H3,(H2,34,41,42)/t20-,21-. The highest BCUT2D eigenvalue weighted by Gasteiger charge is 2.39. The predicted molar refractivity (Wildman–Crippen MR) is 168 cm³/mol. The minimum atomic E-state index is -4.46. The predicted octanol–water partition coefficient (Wildman–Crippen LogP) is 3.78. The number of nitrogens with zero attached hydrogens (tertiary/aromatic N) is 2. The number of rotatable bonds is 9. The fourth-order valence-electron chi connectivity index (χ4n) is 5.98. The Balaban J connectivity index is 1.30. The fraction of sp³-hybridized carbons (Fsp3) is 0.467. The van der Waals surface area contributed by atoms with Crippen LogP contribution < -0.4 is 20.5 Å². The lowest BCUT2D eigenvalue weighted by Gasteiger charge is -2.46. The van der Waals surface area contributed by atoms with E-state index in [0.29, 0.717) is 35.7 Å². The van der Waals surface area contributed by atoms with Crippen molar-refractivity contribution in [2.24, 2.45) is 5.14 Å². The summed E-state index contributed by atoms with van der Waals surface area (Å²) in [6.45, 7) is 0.00136. The molecule has 4 N–H and O–H groups in total. The van der Waals surface area contributed by atoms with Gasteiger partial charge in [-0.2, -0.15) is 13.2 Å².